The molecule has 4 rings (SSSR count). The Morgan fingerprint density at radius 3 is 2.62 bits per heavy atom. The number of aromatic nitrogens is 4. The molecule has 0 radical (unpaired) electrons. The van der Waals surface area contributed by atoms with Gasteiger partial charge in [0.05, 0.1) is 19.0 Å². The number of para-hydroxylation sites is 1. The van der Waals surface area contributed by atoms with E-state index in [1.807, 2.05) is 0 Å². The molecule has 17 heteroatoms. The maximum absolute atomic E-state index is 16.2. The Morgan fingerprint density at radius 2 is 1.98 bits per heavy atom. The predicted octanol–water partition coefficient (Wildman–Crippen LogP) is 3.22. The summed E-state index contributed by atoms with van der Waals surface area (Å²) in [4.78, 5) is 24.5. The van der Waals surface area contributed by atoms with Crippen LogP contribution in [-0.4, -0.2) is 73.6 Å². The van der Waals surface area contributed by atoms with Crippen LogP contribution in [0.5, 0.6) is 11.6 Å². The van der Waals surface area contributed by atoms with Gasteiger partial charge in [-0.15, -0.1) is 0 Å². The molecule has 1 saturated heterocycles. The summed E-state index contributed by atoms with van der Waals surface area (Å²) in [7, 11) is -4.59. The van der Waals surface area contributed by atoms with Crippen LogP contribution in [0.4, 0.5) is 14.7 Å². The van der Waals surface area contributed by atoms with Crippen LogP contribution >= 0.6 is 7.75 Å². The minimum Gasteiger partial charge on any atom is -0.476 e. The zero-order valence-corrected chi connectivity index (χ0v) is 24.5. The lowest BCUT2D eigenvalue weighted by Crippen LogP contribution is -2.46. The number of anilines is 1. The molecule has 2 aromatic heterocycles. The van der Waals surface area contributed by atoms with Crippen molar-refractivity contribution in [2.24, 2.45) is 0 Å². The third-order valence-corrected chi connectivity index (χ3v) is 7.72. The number of alkyl halides is 2. The van der Waals surface area contributed by atoms with Gasteiger partial charge in [0.15, 0.2) is 23.6 Å². The van der Waals surface area contributed by atoms with Crippen molar-refractivity contribution in [2.75, 3.05) is 18.9 Å². The molecule has 0 aliphatic carbocycles. The maximum Gasteiger partial charge on any atom is 0.459 e. The molecule has 4 N–H and O–H groups in total. The molecule has 0 saturated carbocycles. The average Bonchev–Trinajstić information content (AvgIpc) is 3.40. The van der Waals surface area contributed by atoms with Gasteiger partial charge in [0, 0.05) is 0 Å². The van der Waals surface area contributed by atoms with E-state index < -0.39 is 56.3 Å². The molecule has 14 nitrogen and oxygen atoms in total. The molecule has 0 bridgehead atoms. The molecule has 1 aliphatic heterocycles. The van der Waals surface area contributed by atoms with Crippen molar-refractivity contribution in [1.82, 2.24) is 24.6 Å². The number of benzene rings is 1. The first-order valence-corrected chi connectivity index (χ1v) is 14.6. The van der Waals surface area contributed by atoms with Crippen LogP contribution in [0.15, 0.2) is 36.7 Å². The van der Waals surface area contributed by atoms with Crippen LogP contribution < -0.4 is 20.1 Å². The normalized spacial score (nSPS) is 26.2. The smallest absolute Gasteiger partial charge is 0.459 e. The number of nitrogens with two attached hydrogens (primary N) is 1. The summed E-state index contributed by atoms with van der Waals surface area (Å²) in [5.74, 6) is -4.29. The quantitative estimate of drug-likeness (QED) is 0.200. The fourth-order valence-corrected chi connectivity index (χ4v) is 5.70. The summed E-state index contributed by atoms with van der Waals surface area (Å²) < 4.78 is 73.3. The third kappa shape index (κ3) is 6.47. The zero-order chi connectivity index (χ0) is 30.9. The van der Waals surface area contributed by atoms with E-state index in [-0.39, 0.29) is 35.3 Å². The van der Waals surface area contributed by atoms with Crippen molar-refractivity contribution >= 4 is 30.8 Å². The van der Waals surface area contributed by atoms with Crippen LogP contribution in [0.2, 0.25) is 0 Å². The molecule has 230 valence electrons. The Morgan fingerprint density at radius 1 is 1.29 bits per heavy atom. The molecular weight excluding hydrogens is 581 g/mol. The number of hydrogen-bond donors (Lipinski definition) is 3. The monoisotopic (exact) mass is 614 g/mol. The summed E-state index contributed by atoms with van der Waals surface area (Å²) in [5, 5.41) is 13.5. The molecule has 1 unspecified atom stereocenters. The predicted molar refractivity (Wildman–Crippen MR) is 145 cm³/mol. The highest BCUT2D eigenvalue weighted by Crippen LogP contribution is 2.52. The Kier molecular flexibility index (Phi) is 9.04. The standard InChI is InChI=1S/C25H33F2N6O8P/c1-6-37-19-17-18(30-23(28)31-19)33(13-29-17)22-24(5,35)21(26)25(27,40-22)12-38-42(36,41-16-10-8-7-9-11-16)32-15(4)20(34)39-14(2)3/h7-11,13-15,21-22,35H,6,12H2,1-5H3,(H,32,36)(H2,28,30,31)/t15-,21-,22+,24+,25+,42?/m0/s1. The van der Waals surface area contributed by atoms with E-state index in [4.69, 9.17) is 29.0 Å². The summed E-state index contributed by atoms with van der Waals surface area (Å²) >= 11 is 0. The van der Waals surface area contributed by atoms with Crippen molar-refractivity contribution in [3.63, 3.8) is 0 Å². The summed E-state index contributed by atoms with van der Waals surface area (Å²) in [5.41, 5.74) is 3.36. The Balaban J connectivity index is 1.61. The van der Waals surface area contributed by atoms with Crippen molar-refractivity contribution < 1.29 is 46.5 Å². The number of nitrogens with one attached hydrogen (secondary N) is 1. The SMILES string of the molecule is CCOc1nc(N)nc2c1ncn2[C@@H]1O[C@](F)(COP(=O)(N[C@@H](C)C(=O)OC(C)C)Oc2ccccc2)[C@@H](F)[C@@]1(C)O. The molecule has 3 heterocycles. The second-order valence-corrected chi connectivity index (χ2v) is 11.7. The van der Waals surface area contributed by atoms with Crippen molar-refractivity contribution in [2.45, 2.75) is 70.6 Å². The Bertz CT molecular complexity index is 1460. The lowest BCUT2D eigenvalue weighted by molar-refractivity contribution is -0.192. The maximum atomic E-state index is 16.2. The van der Waals surface area contributed by atoms with Gasteiger partial charge in [-0.25, -0.2) is 18.3 Å². The topological polar surface area (TPSA) is 182 Å². The van der Waals surface area contributed by atoms with E-state index in [1.54, 1.807) is 39.0 Å². The molecule has 42 heavy (non-hydrogen) atoms. The van der Waals surface area contributed by atoms with Gasteiger partial charge in [0.1, 0.15) is 24.0 Å². The highest BCUT2D eigenvalue weighted by molar-refractivity contribution is 7.52. The van der Waals surface area contributed by atoms with Crippen LogP contribution in [0.3, 0.4) is 0 Å². The van der Waals surface area contributed by atoms with E-state index in [2.05, 4.69) is 20.0 Å². The Labute approximate surface area is 240 Å². The first-order chi connectivity index (χ1) is 19.7. The van der Waals surface area contributed by atoms with E-state index in [9.17, 15) is 14.5 Å². The summed E-state index contributed by atoms with van der Waals surface area (Å²) in [6.07, 6.45) is -3.81. The summed E-state index contributed by atoms with van der Waals surface area (Å²) in [6.45, 7) is 6.19. The van der Waals surface area contributed by atoms with Gasteiger partial charge < -0.3 is 29.6 Å². The molecule has 0 spiro atoms. The van der Waals surface area contributed by atoms with Gasteiger partial charge in [-0.05, 0) is 46.8 Å². The molecular formula is C25H33F2N6O8P. The minimum atomic E-state index is -4.59. The molecule has 0 amide bonds. The number of fused-ring (bicyclic) bond motifs is 1. The second kappa shape index (κ2) is 12.1. The fraction of sp³-hybridized carbons (Fsp3) is 0.520. The fourth-order valence-electron chi connectivity index (χ4n) is 4.19. The number of hydrogen-bond acceptors (Lipinski definition) is 12. The van der Waals surface area contributed by atoms with E-state index in [1.165, 1.54) is 19.1 Å². The van der Waals surface area contributed by atoms with Crippen LogP contribution in [-0.2, 0) is 23.4 Å². The number of imidazole rings is 1. The largest absolute Gasteiger partial charge is 0.476 e. The van der Waals surface area contributed by atoms with Crippen molar-refractivity contribution in [1.29, 1.82) is 0 Å². The lowest BCUT2D eigenvalue weighted by Gasteiger charge is -2.27. The van der Waals surface area contributed by atoms with Crippen LogP contribution in [0.25, 0.3) is 11.2 Å². The Hall–Kier alpha value is -3.43. The number of halogens is 2. The second-order valence-electron chi connectivity index (χ2n) is 10.0. The number of carbonyl (C=O) groups is 1. The number of rotatable bonds is 12. The molecule has 1 aliphatic rings. The molecule has 1 fully saturated rings. The minimum absolute atomic E-state index is 0.0224. The molecule has 6 atom stereocenters. The number of aliphatic hydroxyl groups is 1. The number of nitrogens with zero attached hydrogens (tertiary/aromatic N) is 4. The number of esters is 1. The van der Waals surface area contributed by atoms with E-state index >= 15 is 8.78 Å². The number of carbonyl (C=O) groups excluding carboxylic acids is 1. The van der Waals surface area contributed by atoms with E-state index in [0.29, 0.717) is 0 Å². The average molecular weight is 615 g/mol. The van der Waals surface area contributed by atoms with Gasteiger partial charge in [-0.2, -0.15) is 15.1 Å². The number of nitrogen functional groups attached to an aromatic ring is 1. The molecule has 1 aromatic carbocycles. The third-order valence-electron chi connectivity index (χ3n) is 6.10. The number of ether oxygens (including phenoxy) is 3. The highest BCUT2D eigenvalue weighted by Gasteiger charge is 2.65. The van der Waals surface area contributed by atoms with Gasteiger partial charge in [0.25, 0.3) is 5.85 Å². The van der Waals surface area contributed by atoms with Crippen LogP contribution in [0.1, 0.15) is 40.8 Å². The lowest BCUT2D eigenvalue weighted by atomic mass is 9.97. The molecule has 3 aromatic rings. The van der Waals surface area contributed by atoms with Gasteiger partial charge in [-0.3, -0.25) is 13.9 Å². The first-order valence-electron chi connectivity index (χ1n) is 13.0. The highest BCUT2D eigenvalue weighted by atomic mass is 31.2. The van der Waals surface area contributed by atoms with E-state index in [0.717, 1.165) is 17.8 Å². The van der Waals surface area contributed by atoms with Gasteiger partial charge in [-0.1, -0.05) is 18.2 Å². The van der Waals surface area contributed by atoms with Gasteiger partial charge in [0.2, 0.25) is 11.8 Å². The van der Waals surface area contributed by atoms with Crippen molar-refractivity contribution in [3.05, 3.63) is 36.7 Å². The van der Waals surface area contributed by atoms with Crippen molar-refractivity contribution in [3.8, 4) is 11.6 Å². The summed E-state index contributed by atoms with van der Waals surface area (Å²) in [6, 6.07) is 6.48. The first kappa shape index (κ1) is 31.5. The zero-order valence-electron chi connectivity index (χ0n) is 23.6. The van der Waals surface area contributed by atoms with Gasteiger partial charge >= 0.3 is 13.7 Å². The van der Waals surface area contributed by atoms with Crippen LogP contribution in [0, 0.1) is 0 Å².